The van der Waals surface area contributed by atoms with Gasteiger partial charge in [-0.2, -0.15) is 5.10 Å². The highest BCUT2D eigenvalue weighted by Crippen LogP contribution is 2.38. The molecule has 1 amide bonds. The summed E-state index contributed by atoms with van der Waals surface area (Å²) in [5.41, 5.74) is 1.03. The van der Waals surface area contributed by atoms with Gasteiger partial charge in [-0.05, 0) is 31.1 Å². The van der Waals surface area contributed by atoms with E-state index in [2.05, 4.69) is 24.3 Å². The van der Waals surface area contributed by atoms with Gasteiger partial charge in [0.15, 0.2) is 0 Å². The average molecular weight is 279 g/mol. The minimum absolute atomic E-state index is 0.0215. The van der Waals surface area contributed by atoms with Crippen LogP contribution < -0.4 is 5.32 Å². The molecule has 0 unspecified atom stereocenters. The monoisotopic (exact) mass is 279 g/mol. The van der Waals surface area contributed by atoms with Crippen molar-refractivity contribution >= 4 is 5.91 Å². The number of aliphatic hydroxyl groups is 1. The van der Waals surface area contributed by atoms with Crippen LogP contribution in [-0.4, -0.2) is 26.9 Å². The summed E-state index contributed by atoms with van der Waals surface area (Å²) in [4.78, 5) is 12.1. The summed E-state index contributed by atoms with van der Waals surface area (Å²) >= 11 is 0. The predicted octanol–water partition coefficient (Wildman–Crippen LogP) is 1.78. The second-order valence-electron chi connectivity index (χ2n) is 6.31. The van der Waals surface area contributed by atoms with Gasteiger partial charge >= 0.3 is 0 Å². The molecule has 112 valence electrons. The van der Waals surface area contributed by atoms with Crippen molar-refractivity contribution in [3.63, 3.8) is 0 Å². The van der Waals surface area contributed by atoms with Crippen LogP contribution in [0.15, 0.2) is 12.4 Å². The van der Waals surface area contributed by atoms with Crippen molar-refractivity contribution in [1.29, 1.82) is 0 Å². The van der Waals surface area contributed by atoms with Gasteiger partial charge in [-0.15, -0.1) is 0 Å². The van der Waals surface area contributed by atoms with E-state index < -0.39 is 0 Å². The molecule has 0 radical (unpaired) electrons. The Labute approximate surface area is 120 Å². The van der Waals surface area contributed by atoms with Crippen molar-refractivity contribution < 1.29 is 9.90 Å². The quantitative estimate of drug-likeness (QED) is 0.834. The van der Waals surface area contributed by atoms with Crippen LogP contribution in [0.4, 0.5) is 0 Å². The Bertz CT molecular complexity index is 450. The van der Waals surface area contributed by atoms with Gasteiger partial charge in [-0.1, -0.05) is 13.8 Å². The summed E-state index contributed by atoms with van der Waals surface area (Å²) in [5, 5.41) is 16.8. The maximum absolute atomic E-state index is 12.1. The summed E-state index contributed by atoms with van der Waals surface area (Å²) in [5.74, 6) is 0.939. The lowest BCUT2D eigenvalue weighted by atomic mass is 9.75. The maximum atomic E-state index is 12.1. The Morgan fingerprint density at radius 2 is 2.25 bits per heavy atom. The van der Waals surface area contributed by atoms with E-state index in [0.717, 1.165) is 24.8 Å². The summed E-state index contributed by atoms with van der Waals surface area (Å²) in [6.07, 6.45) is 6.50. The van der Waals surface area contributed by atoms with E-state index in [1.54, 1.807) is 10.9 Å². The first kappa shape index (κ1) is 15.0. The third-order valence-electron chi connectivity index (χ3n) is 3.97. The molecule has 2 N–H and O–H groups in total. The molecule has 1 heterocycles. The van der Waals surface area contributed by atoms with Crippen LogP contribution >= 0.6 is 0 Å². The highest BCUT2D eigenvalue weighted by molar-refractivity contribution is 5.76. The molecule has 0 spiro atoms. The number of aliphatic hydroxyl groups excluding tert-OH is 1. The SMILES string of the molecule is CC(C)CCC(=O)N[C@@H](c1cnn(C)c1)C1CC(O)C1. The van der Waals surface area contributed by atoms with E-state index in [-0.39, 0.29) is 18.1 Å². The zero-order chi connectivity index (χ0) is 14.7. The fourth-order valence-electron chi connectivity index (χ4n) is 2.64. The van der Waals surface area contributed by atoms with E-state index >= 15 is 0 Å². The summed E-state index contributed by atoms with van der Waals surface area (Å²) in [7, 11) is 1.87. The van der Waals surface area contributed by atoms with Gasteiger partial charge in [-0.3, -0.25) is 9.48 Å². The van der Waals surface area contributed by atoms with Gasteiger partial charge in [0.05, 0.1) is 18.3 Å². The van der Waals surface area contributed by atoms with Crippen molar-refractivity contribution in [2.24, 2.45) is 18.9 Å². The van der Waals surface area contributed by atoms with Crippen molar-refractivity contribution in [2.45, 2.75) is 51.7 Å². The molecule has 1 aliphatic rings. The first-order valence-corrected chi connectivity index (χ1v) is 7.41. The molecule has 0 bridgehead atoms. The number of aromatic nitrogens is 2. The third-order valence-corrected chi connectivity index (χ3v) is 3.97. The summed E-state index contributed by atoms with van der Waals surface area (Å²) in [6.45, 7) is 4.24. The maximum Gasteiger partial charge on any atom is 0.220 e. The number of hydrogen-bond donors (Lipinski definition) is 2. The van der Waals surface area contributed by atoms with Gasteiger partial charge in [0, 0.05) is 25.2 Å². The highest BCUT2D eigenvalue weighted by atomic mass is 16.3. The van der Waals surface area contributed by atoms with Crippen molar-refractivity contribution in [2.75, 3.05) is 0 Å². The van der Waals surface area contributed by atoms with Crippen LogP contribution in [0.1, 0.15) is 51.1 Å². The minimum Gasteiger partial charge on any atom is -0.393 e. The molecule has 1 fully saturated rings. The topological polar surface area (TPSA) is 67.2 Å². The fraction of sp³-hybridized carbons (Fsp3) is 0.733. The number of aryl methyl sites for hydroxylation is 1. The lowest BCUT2D eigenvalue weighted by Crippen LogP contribution is -2.41. The molecular weight excluding hydrogens is 254 g/mol. The van der Waals surface area contributed by atoms with Crippen LogP contribution in [-0.2, 0) is 11.8 Å². The highest BCUT2D eigenvalue weighted by Gasteiger charge is 2.36. The molecule has 1 aliphatic carbocycles. The number of nitrogens with one attached hydrogen (secondary N) is 1. The summed E-state index contributed by atoms with van der Waals surface area (Å²) in [6, 6.07) is -0.0215. The van der Waals surface area contributed by atoms with Gasteiger partial charge in [-0.25, -0.2) is 0 Å². The molecule has 20 heavy (non-hydrogen) atoms. The number of amides is 1. The minimum atomic E-state index is -0.216. The molecule has 1 saturated carbocycles. The number of carbonyl (C=O) groups excluding carboxylic acids is 1. The standard InChI is InChI=1S/C15H25N3O2/c1-10(2)4-5-14(20)17-15(11-6-13(19)7-11)12-8-16-18(3)9-12/h8-11,13,15,19H,4-7H2,1-3H3,(H,17,20)/t11?,13?,15-/m1/s1. The second kappa shape index (κ2) is 6.39. The zero-order valence-corrected chi connectivity index (χ0v) is 12.5. The number of rotatable bonds is 6. The van der Waals surface area contributed by atoms with Crippen LogP contribution in [0.3, 0.4) is 0 Å². The molecule has 1 aromatic rings. The molecular formula is C15H25N3O2. The van der Waals surface area contributed by atoms with Gasteiger partial charge < -0.3 is 10.4 Å². The average Bonchev–Trinajstić information content (AvgIpc) is 2.76. The largest absolute Gasteiger partial charge is 0.393 e. The number of carbonyl (C=O) groups is 1. The summed E-state index contributed by atoms with van der Waals surface area (Å²) < 4.78 is 1.75. The molecule has 1 aromatic heterocycles. The first-order chi connectivity index (χ1) is 9.45. The molecule has 0 aliphatic heterocycles. The third kappa shape index (κ3) is 3.82. The predicted molar refractivity (Wildman–Crippen MR) is 76.9 cm³/mol. The Hall–Kier alpha value is -1.36. The molecule has 0 saturated heterocycles. The number of hydrogen-bond acceptors (Lipinski definition) is 3. The zero-order valence-electron chi connectivity index (χ0n) is 12.5. The normalized spacial score (nSPS) is 23.4. The van der Waals surface area contributed by atoms with Crippen LogP contribution in [0.5, 0.6) is 0 Å². The molecule has 5 nitrogen and oxygen atoms in total. The van der Waals surface area contributed by atoms with Crippen molar-refractivity contribution in [3.8, 4) is 0 Å². The molecule has 5 heteroatoms. The Morgan fingerprint density at radius 3 is 2.75 bits per heavy atom. The first-order valence-electron chi connectivity index (χ1n) is 7.41. The molecule has 0 aromatic carbocycles. The van der Waals surface area contributed by atoms with Gasteiger partial charge in [0.2, 0.25) is 5.91 Å². The Morgan fingerprint density at radius 1 is 1.55 bits per heavy atom. The van der Waals surface area contributed by atoms with E-state index in [1.165, 1.54) is 0 Å². The van der Waals surface area contributed by atoms with E-state index in [0.29, 0.717) is 18.3 Å². The van der Waals surface area contributed by atoms with Crippen LogP contribution in [0.25, 0.3) is 0 Å². The number of nitrogens with zero attached hydrogens (tertiary/aromatic N) is 2. The smallest absolute Gasteiger partial charge is 0.220 e. The molecule has 2 rings (SSSR count). The van der Waals surface area contributed by atoms with Crippen molar-refractivity contribution in [3.05, 3.63) is 18.0 Å². The fourth-order valence-corrected chi connectivity index (χ4v) is 2.64. The second-order valence-corrected chi connectivity index (χ2v) is 6.31. The van der Waals surface area contributed by atoms with E-state index in [1.807, 2.05) is 13.2 Å². The van der Waals surface area contributed by atoms with Crippen LogP contribution in [0.2, 0.25) is 0 Å². The van der Waals surface area contributed by atoms with E-state index in [4.69, 9.17) is 0 Å². The van der Waals surface area contributed by atoms with Crippen LogP contribution in [0, 0.1) is 11.8 Å². The lowest BCUT2D eigenvalue weighted by molar-refractivity contribution is -0.123. The Balaban J connectivity index is 1.98. The van der Waals surface area contributed by atoms with Crippen molar-refractivity contribution in [1.82, 2.24) is 15.1 Å². The Kier molecular flexibility index (Phi) is 4.81. The van der Waals surface area contributed by atoms with E-state index in [9.17, 15) is 9.90 Å². The lowest BCUT2D eigenvalue weighted by Gasteiger charge is -2.37. The molecule has 1 atom stereocenters. The van der Waals surface area contributed by atoms with Gasteiger partial charge in [0.1, 0.15) is 0 Å². The van der Waals surface area contributed by atoms with Gasteiger partial charge in [0.25, 0.3) is 0 Å².